The van der Waals surface area contributed by atoms with E-state index in [-0.39, 0.29) is 35.3 Å². The number of carboxylic acids is 1. The first kappa shape index (κ1) is 19.8. The first-order valence-electron chi connectivity index (χ1n) is 9.66. The second-order valence-electron chi connectivity index (χ2n) is 8.40. The number of carboxylic acid groups (broad SMARTS) is 1. The van der Waals surface area contributed by atoms with Crippen LogP contribution in [-0.2, 0) is 14.4 Å². The number of carbonyl (C=O) groups is 3. The third-order valence-electron chi connectivity index (χ3n) is 6.94. The Bertz CT molecular complexity index is 901. The van der Waals surface area contributed by atoms with E-state index in [1.807, 2.05) is 11.9 Å². The van der Waals surface area contributed by atoms with Crippen LogP contribution in [0.15, 0.2) is 22.9 Å². The third kappa shape index (κ3) is 2.60. The molecule has 0 aromatic heterocycles. The molecule has 0 radical (unpaired) electrons. The van der Waals surface area contributed by atoms with E-state index in [1.165, 1.54) is 6.08 Å². The molecule has 29 heavy (non-hydrogen) atoms. The zero-order valence-corrected chi connectivity index (χ0v) is 16.6. The molecule has 4 rings (SSSR count). The molecule has 2 bridgehead atoms. The molecule has 2 saturated heterocycles. The van der Waals surface area contributed by atoms with E-state index in [0.717, 1.165) is 0 Å². The van der Waals surface area contributed by atoms with Crippen LogP contribution in [0.1, 0.15) is 12.8 Å². The largest absolute Gasteiger partial charge is 0.481 e. The standard InChI is InChI=1S/C20H24N4O5/c1-22(2)13-6-16(26)17-9(19(13)27)4-12-18-10(20(28)29)5-11(23(18)3)14(7-21)24(12)15(17)8-25/h6,10-12,14-15,18,25H,4-5,8H2,1-3H3,(H,28,29)/t10-,11+,12+,14?,15+,18-/m1/s1. The maximum absolute atomic E-state index is 13.1. The predicted octanol–water partition coefficient (Wildman–Crippen LogP) is -1.01. The molecule has 4 aliphatic rings. The van der Waals surface area contributed by atoms with Crippen molar-refractivity contribution in [3.63, 3.8) is 0 Å². The number of likely N-dealkylation sites (N-methyl/N-ethyl adjacent to an activating group) is 2. The van der Waals surface area contributed by atoms with Crippen molar-refractivity contribution in [2.75, 3.05) is 27.7 Å². The van der Waals surface area contributed by atoms with Gasteiger partial charge in [0.1, 0.15) is 6.04 Å². The number of carbonyl (C=O) groups excluding carboxylic acids is 2. The quantitative estimate of drug-likeness (QED) is 0.574. The van der Waals surface area contributed by atoms with Gasteiger partial charge in [0.05, 0.1) is 30.3 Å². The van der Waals surface area contributed by atoms with E-state index in [0.29, 0.717) is 12.0 Å². The number of fused-ring (bicyclic) bond motifs is 4. The highest BCUT2D eigenvalue weighted by Gasteiger charge is 2.60. The van der Waals surface area contributed by atoms with Gasteiger partial charge in [-0.05, 0) is 19.9 Å². The van der Waals surface area contributed by atoms with Crippen LogP contribution in [0.25, 0.3) is 0 Å². The molecular weight excluding hydrogens is 376 g/mol. The zero-order chi connectivity index (χ0) is 21.2. The van der Waals surface area contributed by atoms with Gasteiger partial charge >= 0.3 is 5.97 Å². The van der Waals surface area contributed by atoms with E-state index < -0.39 is 42.7 Å². The summed E-state index contributed by atoms with van der Waals surface area (Å²) in [7, 11) is 5.18. The highest BCUT2D eigenvalue weighted by molar-refractivity contribution is 6.23. The fourth-order valence-electron chi connectivity index (χ4n) is 5.73. The molecule has 9 nitrogen and oxygen atoms in total. The third-order valence-corrected chi connectivity index (χ3v) is 6.94. The molecule has 1 unspecified atom stereocenters. The highest BCUT2D eigenvalue weighted by atomic mass is 16.4. The molecule has 154 valence electrons. The molecule has 0 spiro atoms. The number of ketones is 2. The lowest BCUT2D eigenvalue weighted by Crippen LogP contribution is -2.69. The number of rotatable bonds is 3. The van der Waals surface area contributed by atoms with Gasteiger partial charge in [0.15, 0.2) is 5.78 Å². The summed E-state index contributed by atoms with van der Waals surface area (Å²) in [5.74, 6) is -2.21. The molecule has 0 aromatic rings. The fraction of sp³-hybridized carbons (Fsp3) is 0.600. The van der Waals surface area contributed by atoms with E-state index in [1.54, 1.807) is 23.9 Å². The molecular formula is C20H24N4O5. The lowest BCUT2D eigenvalue weighted by atomic mass is 9.76. The van der Waals surface area contributed by atoms with Crippen LogP contribution < -0.4 is 0 Å². The Labute approximate surface area is 168 Å². The average Bonchev–Trinajstić information content (AvgIpc) is 2.93. The summed E-state index contributed by atoms with van der Waals surface area (Å²) in [5, 5.41) is 29.9. The Morgan fingerprint density at radius 1 is 1.34 bits per heavy atom. The summed E-state index contributed by atoms with van der Waals surface area (Å²) in [4.78, 5) is 43.3. The summed E-state index contributed by atoms with van der Waals surface area (Å²) in [5.41, 5.74) is 0.857. The Morgan fingerprint density at radius 3 is 2.59 bits per heavy atom. The maximum atomic E-state index is 13.1. The molecule has 3 heterocycles. The van der Waals surface area contributed by atoms with Gasteiger partial charge in [-0.2, -0.15) is 5.26 Å². The van der Waals surface area contributed by atoms with Crippen LogP contribution in [0.4, 0.5) is 0 Å². The molecule has 2 N–H and O–H groups in total. The van der Waals surface area contributed by atoms with Gasteiger partial charge in [0, 0.05) is 49.4 Å². The van der Waals surface area contributed by atoms with Gasteiger partial charge < -0.3 is 15.1 Å². The topological polar surface area (TPSA) is 125 Å². The normalized spacial score (nSPS) is 37.0. The van der Waals surface area contributed by atoms with E-state index in [9.17, 15) is 29.9 Å². The van der Waals surface area contributed by atoms with Crippen molar-refractivity contribution >= 4 is 17.5 Å². The first-order chi connectivity index (χ1) is 13.7. The SMILES string of the molecule is CN(C)C1=CC(=O)C2=C(C[C@H]3[C@H]4[C@H](C(=O)O)C[C@@H](C(C#N)N3[C@H]2CO)N4C)C1=O. The van der Waals surface area contributed by atoms with Gasteiger partial charge in [0.25, 0.3) is 0 Å². The predicted molar refractivity (Wildman–Crippen MR) is 100 cm³/mol. The maximum Gasteiger partial charge on any atom is 0.308 e. The number of aliphatic hydroxyl groups excluding tert-OH is 1. The van der Waals surface area contributed by atoms with E-state index in [2.05, 4.69) is 6.07 Å². The van der Waals surface area contributed by atoms with Gasteiger partial charge in [0.2, 0.25) is 5.78 Å². The number of piperazine rings is 1. The van der Waals surface area contributed by atoms with Crippen LogP contribution in [0.3, 0.4) is 0 Å². The summed E-state index contributed by atoms with van der Waals surface area (Å²) >= 11 is 0. The van der Waals surface area contributed by atoms with Gasteiger partial charge in [-0.15, -0.1) is 0 Å². The molecule has 0 saturated carbocycles. The van der Waals surface area contributed by atoms with Crippen molar-refractivity contribution in [1.82, 2.24) is 14.7 Å². The number of allylic oxidation sites excluding steroid dienone is 2. The molecule has 9 heteroatoms. The number of aliphatic carboxylic acids is 1. The molecule has 3 aliphatic heterocycles. The summed E-state index contributed by atoms with van der Waals surface area (Å²) < 4.78 is 0. The number of nitriles is 1. The molecule has 6 atom stereocenters. The molecule has 1 aliphatic carbocycles. The second kappa shape index (κ2) is 6.76. The second-order valence-corrected chi connectivity index (χ2v) is 8.40. The Morgan fingerprint density at radius 2 is 2.03 bits per heavy atom. The van der Waals surface area contributed by atoms with Gasteiger partial charge in [-0.1, -0.05) is 0 Å². The van der Waals surface area contributed by atoms with E-state index >= 15 is 0 Å². The minimum Gasteiger partial charge on any atom is -0.481 e. The van der Waals surface area contributed by atoms with Crippen LogP contribution in [0.5, 0.6) is 0 Å². The van der Waals surface area contributed by atoms with Gasteiger partial charge in [-0.3, -0.25) is 24.2 Å². The smallest absolute Gasteiger partial charge is 0.308 e. The van der Waals surface area contributed by atoms with Crippen molar-refractivity contribution in [1.29, 1.82) is 5.26 Å². The van der Waals surface area contributed by atoms with Crippen LogP contribution in [-0.4, -0.2) is 100 Å². The fourth-order valence-corrected chi connectivity index (χ4v) is 5.73. The Balaban J connectivity index is 1.85. The lowest BCUT2D eigenvalue weighted by molar-refractivity contribution is -0.144. The number of aliphatic hydroxyl groups is 1. The van der Waals surface area contributed by atoms with Crippen LogP contribution >= 0.6 is 0 Å². The summed E-state index contributed by atoms with van der Waals surface area (Å²) in [6.45, 7) is -0.418. The minimum absolute atomic E-state index is 0.186. The molecule has 2 fully saturated rings. The average molecular weight is 400 g/mol. The Hall–Kier alpha value is -2.54. The lowest BCUT2D eigenvalue weighted by Gasteiger charge is -2.54. The summed E-state index contributed by atoms with van der Waals surface area (Å²) in [6, 6.07) is -0.343. The first-order valence-corrected chi connectivity index (χ1v) is 9.66. The summed E-state index contributed by atoms with van der Waals surface area (Å²) in [6.07, 6.45) is 1.80. The zero-order valence-electron chi connectivity index (χ0n) is 16.6. The van der Waals surface area contributed by atoms with E-state index in [4.69, 9.17) is 0 Å². The number of hydrogen-bond acceptors (Lipinski definition) is 8. The highest BCUT2D eigenvalue weighted by Crippen LogP contribution is 2.47. The molecule has 0 aromatic carbocycles. The van der Waals surface area contributed by atoms with Crippen LogP contribution in [0.2, 0.25) is 0 Å². The number of Topliss-reactive ketones (excluding diaryl/α,β-unsaturated/α-hetero) is 1. The Kier molecular flexibility index (Phi) is 4.61. The van der Waals surface area contributed by atoms with Crippen molar-refractivity contribution in [3.05, 3.63) is 22.9 Å². The number of nitrogens with zero attached hydrogens (tertiary/aromatic N) is 4. The number of hydrogen-bond donors (Lipinski definition) is 2. The van der Waals surface area contributed by atoms with Gasteiger partial charge in [-0.25, -0.2) is 0 Å². The van der Waals surface area contributed by atoms with Crippen molar-refractivity contribution in [2.24, 2.45) is 5.92 Å². The van der Waals surface area contributed by atoms with Crippen molar-refractivity contribution < 1.29 is 24.6 Å². The van der Waals surface area contributed by atoms with Crippen molar-refractivity contribution in [2.45, 2.75) is 43.1 Å². The van der Waals surface area contributed by atoms with Crippen molar-refractivity contribution in [3.8, 4) is 6.07 Å². The molecule has 0 amide bonds. The minimum atomic E-state index is -0.928. The monoisotopic (exact) mass is 400 g/mol. The van der Waals surface area contributed by atoms with Crippen LogP contribution in [0, 0.1) is 17.2 Å².